The van der Waals surface area contributed by atoms with Crippen LogP contribution in [0.1, 0.15) is 58.1 Å². The number of benzene rings is 1. The molecular weight excluding hydrogens is 246 g/mol. The van der Waals surface area contributed by atoms with E-state index < -0.39 is 0 Å². The molecule has 0 spiro atoms. The summed E-state index contributed by atoms with van der Waals surface area (Å²) in [5, 5.41) is 7.67. The summed E-state index contributed by atoms with van der Waals surface area (Å²) in [7, 11) is 0. The molecule has 0 aliphatic heterocycles. The summed E-state index contributed by atoms with van der Waals surface area (Å²) in [6, 6.07) is 11.1. The maximum Gasteiger partial charge on any atom is 0.0924 e. The second-order valence-electron chi connectivity index (χ2n) is 5.69. The van der Waals surface area contributed by atoms with Gasteiger partial charge >= 0.3 is 0 Å². The molecule has 0 amide bonds. The van der Waals surface area contributed by atoms with E-state index in [-0.39, 0.29) is 11.9 Å². The van der Waals surface area contributed by atoms with Gasteiger partial charge in [-0.3, -0.25) is 10.3 Å². The summed E-state index contributed by atoms with van der Waals surface area (Å²) in [4.78, 5) is 2.48. The van der Waals surface area contributed by atoms with Crippen molar-refractivity contribution < 1.29 is 0 Å². The van der Waals surface area contributed by atoms with E-state index in [1.54, 1.807) is 0 Å². The average molecular weight is 275 g/mol. The Hall–Kier alpha value is -1.35. The zero-order chi connectivity index (χ0) is 15.0. The molecule has 0 aliphatic rings. The van der Waals surface area contributed by atoms with Crippen molar-refractivity contribution in [3.63, 3.8) is 0 Å². The highest BCUT2D eigenvalue weighted by molar-refractivity contribution is 5.77. The standard InChI is InChI=1S/C17H29N3/c1-4-5-9-12-20(14(2)3)16(13-17(18)19)15-10-7-6-8-11-15/h6-8,10-11,14,16H,4-5,9,12-13H2,1-3H3,(H3,18,19). The molecule has 112 valence electrons. The Morgan fingerprint density at radius 2 is 1.85 bits per heavy atom. The fourth-order valence-corrected chi connectivity index (χ4v) is 2.63. The van der Waals surface area contributed by atoms with Crippen LogP contribution in [0, 0.1) is 5.41 Å². The van der Waals surface area contributed by atoms with Crippen molar-refractivity contribution >= 4 is 5.84 Å². The summed E-state index contributed by atoms with van der Waals surface area (Å²) in [5.41, 5.74) is 6.94. The van der Waals surface area contributed by atoms with Crippen LogP contribution in [-0.2, 0) is 0 Å². The predicted octanol–water partition coefficient (Wildman–Crippen LogP) is 3.95. The zero-order valence-electron chi connectivity index (χ0n) is 13.1. The minimum absolute atomic E-state index is 0.213. The van der Waals surface area contributed by atoms with Crippen molar-refractivity contribution in [2.45, 2.75) is 58.5 Å². The number of nitrogens with one attached hydrogen (secondary N) is 1. The fourth-order valence-electron chi connectivity index (χ4n) is 2.63. The average Bonchev–Trinajstić information content (AvgIpc) is 2.42. The molecule has 0 saturated carbocycles. The van der Waals surface area contributed by atoms with Crippen molar-refractivity contribution in [3.8, 4) is 0 Å². The lowest BCUT2D eigenvalue weighted by Gasteiger charge is -2.35. The van der Waals surface area contributed by atoms with Crippen LogP contribution < -0.4 is 5.73 Å². The molecule has 20 heavy (non-hydrogen) atoms. The van der Waals surface area contributed by atoms with Gasteiger partial charge in [-0.1, -0.05) is 50.1 Å². The Morgan fingerprint density at radius 1 is 1.20 bits per heavy atom. The number of unbranched alkanes of at least 4 members (excludes halogenated alkanes) is 2. The van der Waals surface area contributed by atoms with Crippen molar-refractivity contribution in [2.24, 2.45) is 5.73 Å². The Balaban J connectivity index is 2.90. The summed E-state index contributed by atoms with van der Waals surface area (Å²) >= 11 is 0. The molecule has 0 bridgehead atoms. The van der Waals surface area contributed by atoms with Gasteiger partial charge in [0.2, 0.25) is 0 Å². The van der Waals surface area contributed by atoms with Crippen LogP contribution in [0.2, 0.25) is 0 Å². The highest BCUT2D eigenvalue weighted by atomic mass is 15.2. The molecule has 1 rings (SSSR count). The number of nitrogens with two attached hydrogens (primary N) is 1. The first-order chi connectivity index (χ1) is 9.56. The lowest BCUT2D eigenvalue weighted by atomic mass is 9.99. The van der Waals surface area contributed by atoms with E-state index in [1.165, 1.54) is 24.8 Å². The van der Waals surface area contributed by atoms with Crippen LogP contribution >= 0.6 is 0 Å². The van der Waals surface area contributed by atoms with Gasteiger partial charge < -0.3 is 5.73 Å². The van der Waals surface area contributed by atoms with Crippen LogP contribution in [-0.4, -0.2) is 23.3 Å². The van der Waals surface area contributed by atoms with Gasteiger partial charge in [0.25, 0.3) is 0 Å². The van der Waals surface area contributed by atoms with E-state index in [2.05, 4.69) is 49.9 Å². The number of rotatable bonds is 9. The van der Waals surface area contributed by atoms with Crippen molar-refractivity contribution in [2.75, 3.05) is 6.54 Å². The second-order valence-corrected chi connectivity index (χ2v) is 5.69. The summed E-state index contributed by atoms with van der Waals surface area (Å²) in [6.45, 7) is 7.74. The van der Waals surface area contributed by atoms with E-state index in [1.807, 2.05) is 6.07 Å². The van der Waals surface area contributed by atoms with Gasteiger partial charge in [0.15, 0.2) is 0 Å². The largest absolute Gasteiger partial charge is 0.388 e. The number of amidine groups is 1. The normalized spacial score (nSPS) is 12.8. The number of nitrogens with zero attached hydrogens (tertiary/aromatic N) is 1. The summed E-state index contributed by atoms with van der Waals surface area (Å²) in [5.74, 6) is 0.264. The molecule has 0 radical (unpaired) electrons. The third kappa shape index (κ3) is 5.33. The first-order valence-corrected chi connectivity index (χ1v) is 7.69. The number of hydrogen-bond donors (Lipinski definition) is 2. The Bertz CT molecular complexity index is 386. The Morgan fingerprint density at radius 3 is 2.35 bits per heavy atom. The maximum absolute atomic E-state index is 7.67. The molecule has 3 N–H and O–H groups in total. The van der Waals surface area contributed by atoms with Gasteiger partial charge in [-0.2, -0.15) is 0 Å². The molecule has 3 heteroatoms. The first-order valence-electron chi connectivity index (χ1n) is 7.69. The molecule has 0 heterocycles. The zero-order valence-corrected chi connectivity index (χ0v) is 13.1. The van der Waals surface area contributed by atoms with Crippen LogP contribution in [0.15, 0.2) is 30.3 Å². The van der Waals surface area contributed by atoms with E-state index in [4.69, 9.17) is 11.1 Å². The molecule has 0 fully saturated rings. The van der Waals surface area contributed by atoms with E-state index >= 15 is 0 Å². The third-order valence-electron chi connectivity index (χ3n) is 3.68. The maximum atomic E-state index is 7.67. The smallest absolute Gasteiger partial charge is 0.0924 e. The van der Waals surface area contributed by atoms with E-state index in [9.17, 15) is 0 Å². The Labute approximate surface area is 123 Å². The highest BCUT2D eigenvalue weighted by Gasteiger charge is 2.23. The van der Waals surface area contributed by atoms with Crippen molar-refractivity contribution in [3.05, 3.63) is 35.9 Å². The van der Waals surface area contributed by atoms with E-state index in [0.717, 1.165) is 6.54 Å². The predicted molar refractivity (Wildman–Crippen MR) is 87.1 cm³/mol. The lowest BCUT2D eigenvalue weighted by molar-refractivity contribution is 0.153. The quantitative estimate of drug-likeness (QED) is 0.407. The molecule has 0 saturated heterocycles. The first kappa shape index (κ1) is 16.7. The van der Waals surface area contributed by atoms with Gasteiger partial charge in [0.1, 0.15) is 0 Å². The van der Waals surface area contributed by atoms with Crippen molar-refractivity contribution in [1.82, 2.24) is 4.90 Å². The van der Waals surface area contributed by atoms with Gasteiger partial charge in [0.05, 0.1) is 5.84 Å². The molecule has 1 unspecified atom stereocenters. The third-order valence-corrected chi connectivity index (χ3v) is 3.68. The second kappa shape index (κ2) is 8.75. The van der Waals surface area contributed by atoms with Crippen LogP contribution in [0.3, 0.4) is 0 Å². The van der Waals surface area contributed by atoms with Crippen LogP contribution in [0.5, 0.6) is 0 Å². The van der Waals surface area contributed by atoms with Gasteiger partial charge in [-0.25, -0.2) is 0 Å². The summed E-state index contributed by atoms with van der Waals surface area (Å²) in [6.07, 6.45) is 4.30. The van der Waals surface area contributed by atoms with Gasteiger partial charge in [-0.15, -0.1) is 0 Å². The van der Waals surface area contributed by atoms with Crippen molar-refractivity contribution in [1.29, 1.82) is 5.41 Å². The monoisotopic (exact) mass is 275 g/mol. The topological polar surface area (TPSA) is 53.1 Å². The fraction of sp³-hybridized carbons (Fsp3) is 0.588. The lowest BCUT2D eigenvalue weighted by Crippen LogP contribution is -2.37. The van der Waals surface area contributed by atoms with Crippen LogP contribution in [0.4, 0.5) is 0 Å². The molecular formula is C17H29N3. The van der Waals surface area contributed by atoms with Crippen LogP contribution in [0.25, 0.3) is 0 Å². The number of hydrogen-bond acceptors (Lipinski definition) is 2. The highest BCUT2D eigenvalue weighted by Crippen LogP contribution is 2.26. The SMILES string of the molecule is CCCCCN(C(C)C)C(CC(=N)N)c1ccccc1. The van der Waals surface area contributed by atoms with E-state index in [0.29, 0.717) is 12.5 Å². The Kier molecular flexibility index (Phi) is 7.31. The molecule has 1 aromatic rings. The van der Waals surface area contributed by atoms with Gasteiger partial charge in [0, 0.05) is 18.5 Å². The molecule has 1 aromatic carbocycles. The summed E-state index contributed by atoms with van der Waals surface area (Å²) < 4.78 is 0. The molecule has 3 nitrogen and oxygen atoms in total. The minimum atomic E-state index is 0.213. The van der Waals surface area contributed by atoms with Gasteiger partial charge in [-0.05, 0) is 32.4 Å². The molecule has 0 aromatic heterocycles. The molecule has 1 atom stereocenters. The molecule has 0 aliphatic carbocycles. The minimum Gasteiger partial charge on any atom is -0.388 e.